The van der Waals surface area contributed by atoms with Crippen LogP contribution in [-0.2, 0) is 11.0 Å². The van der Waals surface area contributed by atoms with Gasteiger partial charge in [-0.25, -0.2) is 0 Å². The van der Waals surface area contributed by atoms with Crippen molar-refractivity contribution in [2.45, 2.75) is 20.3 Å². The van der Waals surface area contributed by atoms with E-state index in [0.29, 0.717) is 17.2 Å². The van der Waals surface area contributed by atoms with Gasteiger partial charge in [-0.05, 0) is 55.4 Å². The summed E-state index contributed by atoms with van der Waals surface area (Å²) in [6.45, 7) is 7.12. The fourth-order valence-corrected chi connectivity index (χ4v) is 4.31. The minimum Gasteiger partial charge on any atom is -0.386 e. The van der Waals surface area contributed by atoms with Gasteiger partial charge in [-0.1, -0.05) is 68.4 Å². The average molecular weight is 442 g/mol. The van der Waals surface area contributed by atoms with E-state index in [-0.39, 0.29) is 6.15 Å². The van der Waals surface area contributed by atoms with Crippen molar-refractivity contribution in [1.82, 2.24) is 11.1 Å². The van der Waals surface area contributed by atoms with Gasteiger partial charge in [-0.3, -0.25) is 0 Å². The Labute approximate surface area is 185 Å². The molecule has 31 heavy (non-hydrogen) atoms. The van der Waals surface area contributed by atoms with Crippen molar-refractivity contribution in [3.05, 3.63) is 90.5 Å². The quantitative estimate of drug-likeness (QED) is 0.347. The first-order valence-corrected chi connectivity index (χ1v) is 11.7. The second kappa shape index (κ2) is 12.2. The number of rotatable bonds is 11. The molecule has 166 valence electrons. The van der Waals surface area contributed by atoms with E-state index in [4.69, 9.17) is 13.6 Å². The molecule has 0 atom stereocenters. The fourth-order valence-electron chi connectivity index (χ4n) is 3.02. The molecule has 0 aliphatic rings. The molecule has 0 heterocycles. The molecule has 3 N–H and O–H groups in total. The smallest absolute Gasteiger partial charge is 0.386 e. The Hall–Kier alpha value is -2.79. The Morgan fingerprint density at radius 2 is 1.19 bits per heavy atom. The molecule has 0 aliphatic carbocycles. The summed E-state index contributed by atoms with van der Waals surface area (Å²) in [5.41, 5.74) is 0.956. The van der Waals surface area contributed by atoms with E-state index in [1.54, 1.807) is 54.6 Å². The second-order valence-corrected chi connectivity index (χ2v) is 8.17. The topological polar surface area (TPSA) is 83.0 Å². The number of likely N-dealkylation sites (N-methyl/N-ethyl adjacent to an activating group) is 1. The molecule has 6 nitrogen and oxygen atoms in total. The van der Waals surface area contributed by atoms with Gasteiger partial charge in [-0.15, -0.1) is 0 Å². The summed E-state index contributed by atoms with van der Waals surface area (Å²) >= 11 is 0. The van der Waals surface area contributed by atoms with Gasteiger partial charge in [0.15, 0.2) is 0 Å². The summed E-state index contributed by atoms with van der Waals surface area (Å²) in [6, 6.07) is 25.4. The van der Waals surface area contributed by atoms with Crippen LogP contribution in [0.15, 0.2) is 84.9 Å². The fraction of sp³-hybridized carbons (Fsp3) is 0.250. The predicted octanol–water partition coefficient (Wildman–Crippen LogP) is 6.38. The summed E-state index contributed by atoms with van der Waals surface area (Å²) in [4.78, 5) is 2.33. The number of nitrogens with zero attached hydrogens (tertiary/aromatic N) is 1. The zero-order chi connectivity index (χ0) is 21.2. The summed E-state index contributed by atoms with van der Waals surface area (Å²) in [7, 11) is -3.99. The van der Waals surface area contributed by atoms with Gasteiger partial charge in [0.2, 0.25) is 0 Å². The van der Waals surface area contributed by atoms with Crippen molar-refractivity contribution in [2.24, 2.45) is 0 Å². The van der Waals surface area contributed by atoms with Crippen molar-refractivity contribution >= 4 is 7.82 Å². The molecular weight excluding hydrogens is 411 g/mol. The van der Waals surface area contributed by atoms with Crippen molar-refractivity contribution in [2.75, 3.05) is 19.6 Å². The van der Waals surface area contributed by atoms with Crippen LogP contribution in [0.5, 0.6) is 17.2 Å². The molecular formula is C24H31N2O4P. The summed E-state index contributed by atoms with van der Waals surface area (Å²) < 4.78 is 31.0. The van der Waals surface area contributed by atoms with E-state index in [2.05, 4.69) is 18.7 Å². The zero-order valence-corrected chi connectivity index (χ0v) is 19.0. The monoisotopic (exact) mass is 442 g/mol. The van der Waals surface area contributed by atoms with Gasteiger partial charge < -0.3 is 24.6 Å². The van der Waals surface area contributed by atoms with Crippen molar-refractivity contribution in [3.8, 4) is 17.2 Å². The lowest BCUT2D eigenvalue weighted by Crippen LogP contribution is -2.25. The highest BCUT2D eigenvalue weighted by molar-refractivity contribution is 7.49. The maximum absolute atomic E-state index is 13.6. The molecule has 7 heteroatoms. The first kappa shape index (κ1) is 24.5. The molecule has 0 radical (unpaired) electrons. The van der Waals surface area contributed by atoms with Crippen LogP contribution in [0, 0.1) is 0 Å². The predicted molar refractivity (Wildman–Crippen MR) is 125 cm³/mol. The van der Waals surface area contributed by atoms with Crippen LogP contribution in [0.4, 0.5) is 0 Å². The number of para-hydroxylation sites is 3. The van der Waals surface area contributed by atoms with Crippen molar-refractivity contribution in [3.63, 3.8) is 0 Å². The third-order valence-corrected chi connectivity index (χ3v) is 5.98. The molecule has 0 bridgehead atoms. The molecule has 0 aliphatic heterocycles. The highest BCUT2D eigenvalue weighted by atomic mass is 31.2. The number of hydrogen-bond acceptors (Lipinski definition) is 6. The number of benzene rings is 3. The van der Waals surface area contributed by atoms with Crippen molar-refractivity contribution < 1.29 is 18.1 Å². The van der Waals surface area contributed by atoms with Crippen LogP contribution >= 0.6 is 7.82 Å². The van der Waals surface area contributed by atoms with Gasteiger partial charge in [-0.2, -0.15) is 4.57 Å². The van der Waals surface area contributed by atoms with Gasteiger partial charge in [0, 0.05) is 6.54 Å². The standard InChI is InChI=1S/C24H28NO4P.H3N/c1-3-25(4-2)20-19-21-13-11-12-18-24(21)29-30(26,27-22-14-7-5-8-15-22)28-23-16-9-6-10-17-23;/h5-18H,3-4,19-20H2,1-2H3;1H3. The largest absolute Gasteiger partial charge is 0.647 e. The number of phosphoric ester groups is 1. The molecule has 0 spiro atoms. The Morgan fingerprint density at radius 3 is 1.71 bits per heavy atom. The van der Waals surface area contributed by atoms with Crippen LogP contribution in [0.2, 0.25) is 0 Å². The minimum absolute atomic E-state index is 0. The van der Waals surface area contributed by atoms with Gasteiger partial charge in [0.25, 0.3) is 0 Å². The lowest BCUT2D eigenvalue weighted by atomic mass is 10.1. The SMILES string of the molecule is CCN(CC)CCc1ccccc1OP(=O)(Oc1ccccc1)Oc1ccccc1.N. The molecule has 3 aromatic rings. The lowest BCUT2D eigenvalue weighted by molar-refractivity contribution is 0.293. The molecule has 0 amide bonds. The molecule has 3 aromatic carbocycles. The number of hydrogen-bond donors (Lipinski definition) is 1. The van der Waals surface area contributed by atoms with Gasteiger partial charge >= 0.3 is 7.82 Å². The lowest BCUT2D eigenvalue weighted by Gasteiger charge is -2.22. The van der Waals surface area contributed by atoms with E-state index in [1.807, 2.05) is 30.3 Å². The highest BCUT2D eigenvalue weighted by Crippen LogP contribution is 2.50. The van der Waals surface area contributed by atoms with E-state index in [9.17, 15) is 4.57 Å². The van der Waals surface area contributed by atoms with Crippen LogP contribution in [0.25, 0.3) is 0 Å². The third kappa shape index (κ3) is 7.44. The maximum atomic E-state index is 13.6. The molecule has 0 fully saturated rings. The summed E-state index contributed by atoms with van der Waals surface area (Å²) in [5, 5.41) is 0. The highest BCUT2D eigenvalue weighted by Gasteiger charge is 2.33. The van der Waals surface area contributed by atoms with E-state index in [0.717, 1.165) is 31.6 Å². The zero-order valence-electron chi connectivity index (χ0n) is 18.1. The van der Waals surface area contributed by atoms with Crippen LogP contribution in [0.1, 0.15) is 19.4 Å². The third-order valence-electron chi connectivity index (χ3n) is 4.70. The maximum Gasteiger partial charge on any atom is 0.647 e. The number of phosphoric acid groups is 1. The van der Waals surface area contributed by atoms with E-state index >= 15 is 0 Å². The molecule has 0 unspecified atom stereocenters. The van der Waals surface area contributed by atoms with Gasteiger partial charge in [0.05, 0.1) is 0 Å². The first-order valence-electron chi connectivity index (χ1n) is 10.2. The van der Waals surface area contributed by atoms with Crippen LogP contribution in [-0.4, -0.2) is 24.5 Å². The van der Waals surface area contributed by atoms with E-state index in [1.165, 1.54) is 0 Å². The molecule has 0 aromatic heterocycles. The normalized spacial score (nSPS) is 10.9. The molecule has 3 rings (SSSR count). The second-order valence-electron chi connectivity index (χ2n) is 6.73. The first-order chi connectivity index (χ1) is 14.6. The Morgan fingerprint density at radius 1 is 0.710 bits per heavy atom. The summed E-state index contributed by atoms with van der Waals surface area (Å²) in [6.07, 6.45) is 0.772. The minimum atomic E-state index is -3.99. The summed E-state index contributed by atoms with van der Waals surface area (Å²) in [5.74, 6) is 1.33. The Bertz CT molecular complexity index is 905. The molecule has 0 saturated carbocycles. The van der Waals surface area contributed by atoms with Crippen LogP contribution < -0.4 is 19.7 Å². The molecule has 0 saturated heterocycles. The average Bonchev–Trinajstić information content (AvgIpc) is 2.76. The Balaban J connectivity index is 0.00000341. The van der Waals surface area contributed by atoms with E-state index < -0.39 is 7.82 Å². The Kier molecular flexibility index (Phi) is 9.60. The van der Waals surface area contributed by atoms with Crippen LogP contribution in [0.3, 0.4) is 0 Å². The van der Waals surface area contributed by atoms with Gasteiger partial charge in [0.1, 0.15) is 17.2 Å². The van der Waals surface area contributed by atoms with Crippen molar-refractivity contribution in [1.29, 1.82) is 0 Å².